The van der Waals surface area contributed by atoms with E-state index in [2.05, 4.69) is 43.0 Å². The minimum Gasteiger partial charge on any atom is -0.348 e. The number of hydrogen-bond donors (Lipinski definition) is 2. The summed E-state index contributed by atoms with van der Waals surface area (Å²) in [4.78, 5) is 7.23. The number of hydrogen-bond acceptors (Lipinski definition) is 2. The number of H-pyrrole nitrogens is 1. The van der Waals surface area contributed by atoms with Gasteiger partial charge in [0.15, 0.2) is 0 Å². The number of imidazole rings is 1. The first-order chi connectivity index (χ1) is 6.50. The van der Waals surface area contributed by atoms with Crippen LogP contribution in [0, 0.1) is 11.3 Å². The maximum Gasteiger partial charge on any atom is 0.120 e. The summed E-state index contributed by atoms with van der Waals surface area (Å²) >= 11 is 0. The summed E-state index contributed by atoms with van der Waals surface area (Å²) < 4.78 is 0. The van der Waals surface area contributed by atoms with Gasteiger partial charge in [0, 0.05) is 12.4 Å². The maximum absolute atomic E-state index is 4.16. The molecule has 0 spiro atoms. The van der Waals surface area contributed by atoms with Crippen molar-refractivity contribution in [1.82, 2.24) is 15.3 Å². The second-order valence-corrected chi connectivity index (χ2v) is 4.93. The summed E-state index contributed by atoms with van der Waals surface area (Å²) in [6.07, 6.45) is 3.63. The third kappa shape index (κ3) is 3.50. The molecule has 80 valence electrons. The normalized spacial score (nSPS) is 14.3. The molecule has 14 heavy (non-hydrogen) atoms. The van der Waals surface area contributed by atoms with Gasteiger partial charge < -0.3 is 10.3 Å². The Morgan fingerprint density at radius 3 is 2.71 bits per heavy atom. The van der Waals surface area contributed by atoms with Crippen molar-refractivity contribution in [3.05, 3.63) is 18.2 Å². The molecule has 0 amide bonds. The molecule has 0 fully saturated rings. The summed E-state index contributed by atoms with van der Waals surface area (Å²) in [5, 5.41) is 3.40. The highest BCUT2D eigenvalue weighted by atomic mass is 15.0. The lowest BCUT2D eigenvalue weighted by Gasteiger charge is -2.27. The van der Waals surface area contributed by atoms with Crippen LogP contribution in [-0.2, 0) is 6.54 Å². The van der Waals surface area contributed by atoms with Gasteiger partial charge in [-0.3, -0.25) is 0 Å². The highest BCUT2D eigenvalue weighted by Crippen LogP contribution is 2.24. The topological polar surface area (TPSA) is 40.7 Å². The number of rotatable bonds is 4. The Balaban J connectivity index is 2.22. The molecule has 0 saturated carbocycles. The van der Waals surface area contributed by atoms with Crippen molar-refractivity contribution in [2.24, 2.45) is 11.3 Å². The van der Waals surface area contributed by atoms with E-state index < -0.39 is 0 Å². The molecule has 0 radical (unpaired) electrons. The smallest absolute Gasteiger partial charge is 0.120 e. The minimum absolute atomic E-state index is 0.371. The first-order valence-electron chi connectivity index (χ1n) is 5.19. The van der Waals surface area contributed by atoms with Crippen LogP contribution in [0.15, 0.2) is 12.4 Å². The quantitative estimate of drug-likeness (QED) is 0.773. The van der Waals surface area contributed by atoms with Crippen LogP contribution < -0.4 is 5.32 Å². The van der Waals surface area contributed by atoms with Crippen molar-refractivity contribution in [3.8, 4) is 0 Å². The van der Waals surface area contributed by atoms with E-state index in [9.17, 15) is 0 Å². The zero-order valence-corrected chi connectivity index (χ0v) is 9.59. The fourth-order valence-electron chi connectivity index (χ4n) is 1.11. The molecule has 0 aliphatic rings. The molecule has 0 aromatic carbocycles. The average Bonchev–Trinajstić information content (AvgIpc) is 2.55. The van der Waals surface area contributed by atoms with Crippen molar-refractivity contribution in [2.45, 2.75) is 34.2 Å². The van der Waals surface area contributed by atoms with Crippen molar-refractivity contribution < 1.29 is 0 Å². The van der Waals surface area contributed by atoms with Crippen LogP contribution in [0.1, 0.15) is 33.5 Å². The Morgan fingerprint density at radius 2 is 2.21 bits per heavy atom. The third-order valence-corrected chi connectivity index (χ3v) is 2.78. The third-order valence-electron chi connectivity index (χ3n) is 2.78. The number of aromatic nitrogens is 2. The Kier molecular flexibility index (Phi) is 3.69. The van der Waals surface area contributed by atoms with Gasteiger partial charge in [-0.05, 0) is 17.9 Å². The molecule has 0 saturated heterocycles. The molecule has 1 aromatic heterocycles. The molecule has 2 N–H and O–H groups in total. The lowest BCUT2D eigenvalue weighted by atomic mass is 9.82. The first kappa shape index (κ1) is 11.2. The largest absolute Gasteiger partial charge is 0.348 e. The molecule has 3 nitrogen and oxygen atoms in total. The standard InChI is InChI=1S/C11H21N3/c1-9(11(2,3)4)7-12-8-10-13-5-6-14-10/h5-6,9,12H,7-8H2,1-4H3,(H,13,14). The molecule has 1 heterocycles. The molecular formula is C11H21N3. The van der Waals surface area contributed by atoms with Crippen LogP contribution in [0.4, 0.5) is 0 Å². The van der Waals surface area contributed by atoms with E-state index in [4.69, 9.17) is 0 Å². The summed E-state index contributed by atoms with van der Waals surface area (Å²) in [6.45, 7) is 10.9. The van der Waals surface area contributed by atoms with E-state index in [1.807, 2.05) is 6.20 Å². The summed E-state index contributed by atoms with van der Waals surface area (Å²) in [6, 6.07) is 0. The van der Waals surface area contributed by atoms with E-state index in [0.717, 1.165) is 18.9 Å². The Labute approximate surface area is 86.3 Å². The van der Waals surface area contributed by atoms with Crippen LogP contribution >= 0.6 is 0 Å². The van der Waals surface area contributed by atoms with Crippen molar-refractivity contribution in [1.29, 1.82) is 0 Å². The zero-order valence-electron chi connectivity index (χ0n) is 9.59. The predicted octanol–water partition coefficient (Wildman–Crippen LogP) is 2.18. The molecule has 1 atom stereocenters. The second kappa shape index (κ2) is 4.60. The maximum atomic E-state index is 4.16. The van der Waals surface area contributed by atoms with Crippen LogP contribution in [-0.4, -0.2) is 16.5 Å². The van der Waals surface area contributed by atoms with Crippen LogP contribution in [0.25, 0.3) is 0 Å². The van der Waals surface area contributed by atoms with Gasteiger partial charge in [-0.25, -0.2) is 4.98 Å². The van der Waals surface area contributed by atoms with E-state index in [-0.39, 0.29) is 0 Å². The van der Waals surface area contributed by atoms with Crippen molar-refractivity contribution in [3.63, 3.8) is 0 Å². The summed E-state index contributed by atoms with van der Waals surface area (Å²) in [5.74, 6) is 1.67. The molecule has 1 unspecified atom stereocenters. The molecule has 0 aliphatic carbocycles. The summed E-state index contributed by atoms with van der Waals surface area (Å²) in [5.41, 5.74) is 0.371. The first-order valence-corrected chi connectivity index (χ1v) is 5.19. The Hall–Kier alpha value is -0.830. The van der Waals surface area contributed by atoms with Crippen molar-refractivity contribution >= 4 is 0 Å². The monoisotopic (exact) mass is 195 g/mol. The second-order valence-electron chi connectivity index (χ2n) is 4.93. The molecular weight excluding hydrogens is 174 g/mol. The average molecular weight is 195 g/mol. The Morgan fingerprint density at radius 1 is 1.50 bits per heavy atom. The van der Waals surface area contributed by atoms with Gasteiger partial charge in [0.1, 0.15) is 5.82 Å². The lowest BCUT2D eigenvalue weighted by molar-refractivity contribution is 0.252. The Bertz CT molecular complexity index is 246. The van der Waals surface area contributed by atoms with Crippen LogP contribution in [0.5, 0.6) is 0 Å². The predicted molar refractivity (Wildman–Crippen MR) is 58.9 cm³/mol. The van der Waals surface area contributed by atoms with Gasteiger partial charge in [-0.1, -0.05) is 27.7 Å². The highest BCUT2D eigenvalue weighted by Gasteiger charge is 2.19. The van der Waals surface area contributed by atoms with Gasteiger partial charge in [0.25, 0.3) is 0 Å². The van der Waals surface area contributed by atoms with Crippen molar-refractivity contribution in [2.75, 3.05) is 6.54 Å². The summed E-state index contributed by atoms with van der Waals surface area (Å²) in [7, 11) is 0. The van der Waals surface area contributed by atoms with E-state index in [1.165, 1.54) is 0 Å². The molecule has 0 aliphatic heterocycles. The fourth-order valence-corrected chi connectivity index (χ4v) is 1.11. The fraction of sp³-hybridized carbons (Fsp3) is 0.727. The van der Waals surface area contributed by atoms with Gasteiger partial charge in [0.2, 0.25) is 0 Å². The van der Waals surface area contributed by atoms with E-state index in [1.54, 1.807) is 6.20 Å². The van der Waals surface area contributed by atoms with Gasteiger partial charge in [-0.15, -0.1) is 0 Å². The van der Waals surface area contributed by atoms with E-state index in [0.29, 0.717) is 11.3 Å². The zero-order chi connectivity index (χ0) is 10.6. The molecule has 0 bridgehead atoms. The SMILES string of the molecule is CC(CNCc1ncc[nH]1)C(C)(C)C. The number of nitrogens with zero attached hydrogens (tertiary/aromatic N) is 1. The number of aromatic amines is 1. The lowest BCUT2D eigenvalue weighted by Crippen LogP contribution is -2.29. The number of nitrogens with one attached hydrogen (secondary N) is 2. The van der Waals surface area contributed by atoms with Gasteiger partial charge >= 0.3 is 0 Å². The van der Waals surface area contributed by atoms with E-state index >= 15 is 0 Å². The highest BCUT2D eigenvalue weighted by molar-refractivity contribution is 4.86. The van der Waals surface area contributed by atoms with Gasteiger partial charge in [-0.2, -0.15) is 0 Å². The van der Waals surface area contributed by atoms with Crippen LogP contribution in [0.3, 0.4) is 0 Å². The molecule has 1 aromatic rings. The molecule has 1 rings (SSSR count). The van der Waals surface area contributed by atoms with Crippen LogP contribution in [0.2, 0.25) is 0 Å². The minimum atomic E-state index is 0.371. The van der Waals surface area contributed by atoms with Gasteiger partial charge in [0.05, 0.1) is 6.54 Å². The molecule has 3 heteroatoms.